The van der Waals surface area contributed by atoms with E-state index in [1.165, 1.54) is 22.1 Å². The molecule has 1 atom stereocenters. The molecule has 0 spiro atoms. The molecule has 0 bridgehead atoms. The van der Waals surface area contributed by atoms with E-state index in [1.807, 2.05) is 0 Å². The molecule has 1 N–H and O–H groups in total. The van der Waals surface area contributed by atoms with Gasteiger partial charge in [0.15, 0.2) is 0 Å². The predicted octanol–water partition coefficient (Wildman–Crippen LogP) is 2.47. The van der Waals surface area contributed by atoms with Crippen LogP contribution in [0.3, 0.4) is 0 Å². The summed E-state index contributed by atoms with van der Waals surface area (Å²) in [5.41, 5.74) is 1.43. The quantitative estimate of drug-likeness (QED) is 0.854. The highest BCUT2D eigenvalue weighted by Crippen LogP contribution is 2.14. The molecule has 1 aliphatic rings. The average Bonchev–Trinajstić information content (AvgIpc) is 2.82. The Morgan fingerprint density at radius 1 is 1.38 bits per heavy atom. The molecule has 1 saturated heterocycles. The monoisotopic (exact) mass is 330 g/mol. The normalized spacial score (nSPS) is 20.6. The van der Waals surface area contributed by atoms with Crippen LogP contribution in [-0.2, 0) is 6.54 Å². The van der Waals surface area contributed by atoms with Crippen LogP contribution in [0.15, 0.2) is 24.3 Å². The molecule has 1 fully saturated rings. The van der Waals surface area contributed by atoms with E-state index >= 15 is 0 Å². The van der Waals surface area contributed by atoms with Crippen molar-refractivity contribution in [2.24, 2.45) is 0 Å². The third-order valence-electron chi connectivity index (χ3n) is 3.26. The first-order valence-corrected chi connectivity index (χ1v) is 7.06. The van der Waals surface area contributed by atoms with Gasteiger partial charge < -0.3 is 5.32 Å². The van der Waals surface area contributed by atoms with Gasteiger partial charge in [0.1, 0.15) is 0 Å². The van der Waals surface area contributed by atoms with Crippen LogP contribution in [-0.4, -0.2) is 30.6 Å². The maximum Gasteiger partial charge on any atom is 0.0237 e. The molecule has 3 heteroatoms. The van der Waals surface area contributed by atoms with Crippen LogP contribution in [0.25, 0.3) is 0 Å². The largest absolute Gasteiger partial charge is 0.315 e. The fourth-order valence-corrected chi connectivity index (χ4v) is 2.63. The highest BCUT2D eigenvalue weighted by Gasteiger charge is 2.20. The van der Waals surface area contributed by atoms with Gasteiger partial charge in [-0.1, -0.05) is 19.1 Å². The van der Waals surface area contributed by atoms with Gasteiger partial charge in [-0.25, -0.2) is 0 Å². The van der Waals surface area contributed by atoms with Gasteiger partial charge >= 0.3 is 0 Å². The van der Waals surface area contributed by atoms with Gasteiger partial charge in [-0.05, 0) is 59.8 Å². The fraction of sp³-hybridized carbons (Fsp3) is 0.538. The third-order valence-corrected chi connectivity index (χ3v) is 3.97. The summed E-state index contributed by atoms with van der Waals surface area (Å²) in [7, 11) is 0. The number of benzene rings is 1. The van der Waals surface area contributed by atoms with E-state index in [-0.39, 0.29) is 0 Å². The molecule has 2 rings (SSSR count). The van der Waals surface area contributed by atoms with Crippen LogP contribution in [0.5, 0.6) is 0 Å². The van der Waals surface area contributed by atoms with Crippen molar-refractivity contribution in [3.05, 3.63) is 33.4 Å². The minimum Gasteiger partial charge on any atom is -0.315 e. The minimum absolute atomic E-state index is 0.726. The molecule has 0 aromatic heterocycles. The number of rotatable bonds is 4. The average molecular weight is 330 g/mol. The van der Waals surface area contributed by atoms with Gasteiger partial charge in [0.25, 0.3) is 0 Å². The lowest BCUT2D eigenvalue weighted by Gasteiger charge is -2.26. The van der Waals surface area contributed by atoms with E-state index < -0.39 is 0 Å². The van der Waals surface area contributed by atoms with Crippen LogP contribution in [0.2, 0.25) is 0 Å². The van der Waals surface area contributed by atoms with Crippen molar-refractivity contribution >= 4 is 22.6 Å². The molecule has 1 unspecified atom stereocenters. The van der Waals surface area contributed by atoms with Gasteiger partial charge in [-0.2, -0.15) is 0 Å². The maximum atomic E-state index is 3.44. The van der Waals surface area contributed by atoms with Crippen molar-refractivity contribution < 1.29 is 0 Å². The van der Waals surface area contributed by atoms with Crippen LogP contribution in [0.1, 0.15) is 18.9 Å². The zero-order valence-electron chi connectivity index (χ0n) is 9.75. The molecular weight excluding hydrogens is 311 g/mol. The van der Waals surface area contributed by atoms with E-state index in [1.54, 1.807) is 0 Å². The van der Waals surface area contributed by atoms with E-state index in [4.69, 9.17) is 0 Å². The summed E-state index contributed by atoms with van der Waals surface area (Å²) < 4.78 is 1.31. The Morgan fingerprint density at radius 3 is 2.69 bits per heavy atom. The van der Waals surface area contributed by atoms with Crippen LogP contribution in [0.4, 0.5) is 0 Å². The van der Waals surface area contributed by atoms with Crippen molar-refractivity contribution in [1.29, 1.82) is 0 Å². The highest BCUT2D eigenvalue weighted by atomic mass is 127. The third kappa shape index (κ3) is 3.18. The van der Waals surface area contributed by atoms with E-state index in [2.05, 4.69) is 64.0 Å². The number of hydrogen-bond donors (Lipinski definition) is 1. The molecule has 88 valence electrons. The molecule has 1 heterocycles. The second kappa shape index (κ2) is 5.98. The number of halogens is 1. The molecule has 0 amide bonds. The summed E-state index contributed by atoms with van der Waals surface area (Å²) in [5, 5.41) is 3.44. The fourth-order valence-electron chi connectivity index (χ4n) is 2.27. The molecular formula is C13H19IN2. The highest BCUT2D eigenvalue weighted by molar-refractivity contribution is 14.1. The Labute approximate surface area is 112 Å². The zero-order chi connectivity index (χ0) is 11.4. The topological polar surface area (TPSA) is 15.3 Å². The van der Waals surface area contributed by atoms with Gasteiger partial charge in [-0.15, -0.1) is 0 Å². The van der Waals surface area contributed by atoms with Crippen molar-refractivity contribution in [3.8, 4) is 0 Å². The number of hydrogen-bond acceptors (Lipinski definition) is 2. The first kappa shape index (κ1) is 12.3. The molecule has 0 radical (unpaired) electrons. The summed E-state index contributed by atoms with van der Waals surface area (Å²) in [6, 6.07) is 9.59. The van der Waals surface area contributed by atoms with Crippen LogP contribution < -0.4 is 5.32 Å². The van der Waals surface area contributed by atoms with Crippen molar-refractivity contribution in [1.82, 2.24) is 10.2 Å². The summed E-state index contributed by atoms with van der Waals surface area (Å²) in [4.78, 5) is 2.57. The first-order valence-electron chi connectivity index (χ1n) is 5.99. The molecule has 0 aliphatic carbocycles. The Balaban J connectivity index is 1.97. The number of nitrogens with one attached hydrogen (secondary N) is 1. The predicted molar refractivity (Wildman–Crippen MR) is 76.5 cm³/mol. The minimum atomic E-state index is 0.726. The van der Waals surface area contributed by atoms with Crippen molar-refractivity contribution in [3.63, 3.8) is 0 Å². The molecule has 16 heavy (non-hydrogen) atoms. The Morgan fingerprint density at radius 2 is 2.12 bits per heavy atom. The SMILES string of the molecule is CCN(Cc1ccc(I)cc1)C1CCNC1. The summed E-state index contributed by atoms with van der Waals surface area (Å²) in [6.07, 6.45) is 1.29. The van der Waals surface area contributed by atoms with Gasteiger partial charge in [0, 0.05) is 22.7 Å². The van der Waals surface area contributed by atoms with Crippen molar-refractivity contribution in [2.75, 3.05) is 19.6 Å². The standard InChI is InChI=1S/C13H19IN2/c1-2-16(13-7-8-15-9-13)10-11-3-5-12(14)6-4-11/h3-6,13,15H,2,7-10H2,1H3. The smallest absolute Gasteiger partial charge is 0.0237 e. The first-order chi connectivity index (χ1) is 7.79. The maximum absolute atomic E-state index is 3.44. The summed E-state index contributed by atoms with van der Waals surface area (Å²) >= 11 is 2.35. The van der Waals surface area contributed by atoms with Crippen molar-refractivity contribution in [2.45, 2.75) is 25.9 Å². The van der Waals surface area contributed by atoms with Gasteiger partial charge in [-0.3, -0.25) is 4.90 Å². The van der Waals surface area contributed by atoms with E-state index in [9.17, 15) is 0 Å². The van der Waals surface area contributed by atoms with E-state index in [0.717, 1.165) is 25.7 Å². The Bertz CT molecular complexity index is 317. The zero-order valence-corrected chi connectivity index (χ0v) is 11.9. The molecule has 1 aliphatic heterocycles. The molecule has 2 nitrogen and oxygen atoms in total. The van der Waals surface area contributed by atoms with Crippen LogP contribution >= 0.6 is 22.6 Å². The second-order valence-corrected chi connectivity index (χ2v) is 5.58. The molecule has 1 aromatic carbocycles. The molecule has 0 saturated carbocycles. The van der Waals surface area contributed by atoms with E-state index in [0.29, 0.717) is 0 Å². The lowest BCUT2D eigenvalue weighted by Crippen LogP contribution is -2.36. The number of nitrogens with zero attached hydrogens (tertiary/aromatic N) is 1. The lowest BCUT2D eigenvalue weighted by molar-refractivity contribution is 0.210. The van der Waals surface area contributed by atoms with Gasteiger partial charge in [0.2, 0.25) is 0 Å². The Hall–Kier alpha value is -0.130. The number of likely N-dealkylation sites (N-methyl/N-ethyl adjacent to an activating group) is 1. The molecule has 1 aromatic rings. The van der Waals surface area contributed by atoms with Gasteiger partial charge in [0.05, 0.1) is 0 Å². The van der Waals surface area contributed by atoms with Crippen LogP contribution in [0, 0.1) is 3.57 Å². The Kier molecular flexibility index (Phi) is 4.61. The lowest BCUT2D eigenvalue weighted by atomic mass is 10.1. The second-order valence-electron chi connectivity index (χ2n) is 4.34. The summed E-state index contributed by atoms with van der Waals surface area (Å²) in [5.74, 6) is 0. The summed E-state index contributed by atoms with van der Waals surface area (Å²) in [6.45, 7) is 6.80.